The minimum Gasteiger partial charge on any atom is -0.481 e. The summed E-state index contributed by atoms with van der Waals surface area (Å²) in [6.07, 6.45) is -6.97. The van der Waals surface area contributed by atoms with Crippen LogP contribution < -0.4 is 10.1 Å². The van der Waals surface area contributed by atoms with Crippen LogP contribution in [0.4, 0.5) is 13.2 Å². The van der Waals surface area contributed by atoms with Gasteiger partial charge in [0.25, 0.3) is 11.8 Å². The zero-order chi connectivity index (χ0) is 22.1. The minimum absolute atomic E-state index is 0.0273. The first-order valence-corrected chi connectivity index (χ1v) is 9.33. The molecule has 2 unspecified atom stereocenters. The van der Waals surface area contributed by atoms with Gasteiger partial charge in [-0.2, -0.15) is 13.2 Å². The van der Waals surface area contributed by atoms with E-state index in [1.807, 2.05) is 0 Å². The molecule has 1 aromatic carbocycles. The molecular weight excluding hydrogens is 409 g/mol. The number of halogens is 3. The maximum absolute atomic E-state index is 13.2. The molecule has 0 saturated carbocycles. The van der Waals surface area contributed by atoms with Gasteiger partial charge in [-0.15, -0.1) is 0 Å². The molecule has 0 aromatic heterocycles. The molecular formula is C19H19F3N2O6. The van der Waals surface area contributed by atoms with E-state index in [1.165, 1.54) is 6.07 Å². The standard InChI is InChI=1S/C19H19F3N2O6/c20-19(21,22)14(3-1-2-8-25)30-10-4-5-11-12(9-10)18(29)24(17(11)28)13-6-7-15(26)23-16(13)27/h4-5,9,13-14,25H,1-3,6-8H2,(H,23,26,27). The number of aliphatic hydroxyl groups is 1. The number of amides is 4. The van der Waals surface area contributed by atoms with Crippen molar-refractivity contribution in [2.75, 3.05) is 6.61 Å². The molecule has 0 spiro atoms. The first-order chi connectivity index (χ1) is 14.1. The molecule has 2 aliphatic rings. The molecule has 2 atom stereocenters. The van der Waals surface area contributed by atoms with E-state index in [-0.39, 0.29) is 55.6 Å². The van der Waals surface area contributed by atoms with Gasteiger partial charge in [0.05, 0.1) is 11.1 Å². The summed E-state index contributed by atoms with van der Waals surface area (Å²) >= 11 is 0. The second-order valence-corrected chi connectivity index (χ2v) is 7.02. The largest absolute Gasteiger partial charge is 0.481 e. The summed E-state index contributed by atoms with van der Waals surface area (Å²) in [5.41, 5.74) is -0.223. The van der Waals surface area contributed by atoms with Gasteiger partial charge in [0, 0.05) is 13.0 Å². The molecule has 2 N–H and O–H groups in total. The van der Waals surface area contributed by atoms with E-state index < -0.39 is 42.0 Å². The molecule has 2 aliphatic heterocycles. The van der Waals surface area contributed by atoms with Crippen LogP contribution in [0.1, 0.15) is 52.8 Å². The number of ether oxygens (including phenoxy) is 1. The topological polar surface area (TPSA) is 113 Å². The summed E-state index contributed by atoms with van der Waals surface area (Å²) in [7, 11) is 0. The number of rotatable bonds is 7. The number of piperidine rings is 1. The van der Waals surface area contributed by atoms with Gasteiger partial charge in [0.15, 0.2) is 6.10 Å². The van der Waals surface area contributed by atoms with E-state index in [9.17, 15) is 32.3 Å². The third-order valence-electron chi connectivity index (χ3n) is 4.93. The molecule has 30 heavy (non-hydrogen) atoms. The van der Waals surface area contributed by atoms with Crippen LogP contribution in [0.15, 0.2) is 18.2 Å². The van der Waals surface area contributed by atoms with Crippen LogP contribution in [0.2, 0.25) is 0 Å². The number of carbonyl (C=O) groups excluding carboxylic acids is 4. The summed E-state index contributed by atoms with van der Waals surface area (Å²) in [5.74, 6) is -3.13. The lowest BCUT2D eigenvalue weighted by Gasteiger charge is -2.27. The SMILES string of the molecule is O=C1CCC(N2C(=O)c3ccc(OC(CCCCO)C(F)(F)F)cc3C2=O)C(=O)N1. The maximum atomic E-state index is 13.2. The highest BCUT2D eigenvalue weighted by atomic mass is 19.4. The predicted molar refractivity (Wildman–Crippen MR) is 94.5 cm³/mol. The number of nitrogens with zero attached hydrogens (tertiary/aromatic N) is 1. The number of hydrogen-bond acceptors (Lipinski definition) is 6. The molecule has 11 heteroatoms. The molecule has 0 bridgehead atoms. The van der Waals surface area contributed by atoms with Crippen molar-refractivity contribution in [1.29, 1.82) is 0 Å². The molecule has 0 aliphatic carbocycles. The highest BCUT2D eigenvalue weighted by molar-refractivity contribution is 6.23. The number of imide groups is 2. The first kappa shape index (κ1) is 21.8. The average molecular weight is 428 g/mol. The fourth-order valence-electron chi connectivity index (χ4n) is 3.42. The van der Waals surface area contributed by atoms with E-state index in [0.717, 1.165) is 17.0 Å². The first-order valence-electron chi connectivity index (χ1n) is 9.33. The summed E-state index contributed by atoms with van der Waals surface area (Å²) in [6, 6.07) is 2.22. The molecule has 2 heterocycles. The van der Waals surface area contributed by atoms with Gasteiger partial charge in [-0.25, -0.2) is 0 Å². The Hall–Kier alpha value is -2.95. The highest BCUT2D eigenvalue weighted by Crippen LogP contribution is 2.33. The zero-order valence-corrected chi connectivity index (χ0v) is 15.7. The Balaban J connectivity index is 1.81. The molecule has 1 aromatic rings. The molecule has 1 saturated heterocycles. The molecule has 0 radical (unpaired) electrons. The van der Waals surface area contributed by atoms with Crippen LogP contribution in [0.3, 0.4) is 0 Å². The van der Waals surface area contributed by atoms with Crippen molar-refractivity contribution >= 4 is 23.6 Å². The van der Waals surface area contributed by atoms with Gasteiger partial charge in [0.1, 0.15) is 11.8 Å². The quantitative estimate of drug-likeness (QED) is 0.504. The fourth-order valence-corrected chi connectivity index (χ4v) is 3.42. The van der Waals surface area contributed by atoms with Crippen molar-refractivity contribution in [3.8, 4) is 5.75 Å². The highest BCUT2D eigenvalue weighted by Gasteiger charge is 2.45. The number of carbonyl (C=O) groups is 4. The number of nitrogens with one attached hydrogen (secondary N) is 1. The lowest BCUT2D eigenvalue weighted by molar-refractivity contribution is -0.197. The number of hydrogen-bond donors (Lipinski definition) is 2. The Morgan fingerprint density at radius 2 is 1.83 bits per heavy atom. The third-order valence-corrected chi connectivity index (χ3v) is 4.93. The molecule has 162 valence electrons. The summed E-state index contributed by atoms with van der Waals surface area (Å²) in [4.78, 5) is 49.4. The van der Waals surface area contributed by atoms with Crippen molar-refractivity contribution in [2.45, 2.75) is 50.4 Å². The molecule has 3 rings (SSSR count). The minimum atomic E-state index is -4.66. The van der Waals surface area contributed by atoms with Crippen molar-refractivity contribution in [2.24, 2.45) is 0 Å². The number of aliphatic hydroxyl groups excluding tert-OH is 1. The third kappa shape index (κ3) is 4.30. The number of alkyl halides is 3. The summed E-state index contributed by atoms with van der Waals surface area (Å²) in [6.45, 7) is -0.240. The summed E-state index contributed by atoms with van der Waals surface area (Å²) in [5, 5.41) is 10.8. The van der Waals surface area contributed by atoms with Gasteiger partial charge in [-0.3, -0.25) is 29.4 Å². The van der Waals surface area contributed by atoms with E-state index in [0.29, 0.717) is 0 Å². The molecule has 8 nitrogen and oxygen atoms in total. The Morgan fingerprint density at radius 1 is 1.13 bits per heavy atom. The van der Waals surface area contributed by atoms with Crippen LogP contribution >= 0.6 is 0 Å². The molecule has 1 fully saturated rings. The second-order valence-electron chi connectivity index (χ2n) is 7.02. The smallest absolute Gasteiger partial charge is 0.425 e. The van der Waals surface area contributed by atoms with Gasteiger partial charge in [-0.1, -0.05) is 0 Å². The zero-order valence-electron chi connectivity index (χ0n) is 15.7. The fraction of sp³-hybridized carbons (Fsp3) is 0.474. The van der Waals surface area contributed by atoms with Crippen molar-refractivity contribution < 1.29 is 42.2 Å². The van der Waals surface area contributed by atoms with Gasteiger partial charge < -0.3 is 9.84 Å². The van der Waals surface area contributed by atoms with Crippen LogP contribution in [0, 0.1) is 0 Å². The van der Waals surface area contributed by atoms with Gasteiger partial charge in [0.2, 0.25) is 11.8 Å². The second kappa shape index (κ2) is 8.42. The van der Waals surface area contributed by atoms with Crippen LogP contribution in [-0.2, 0) is 9.59 Å². The lowest BCUT2D eigenvalue weighted by atomic mass is 10.0. The van der Waals surface area contributed by atoms with Crippen LogP contribution in [0.25, 0.3) is 0 Å². The van der Waals surface area contributed by atoms with Crippen LogP contribution in [-0.4, -0.2) is 58.6 Å². The maximum Gasteiger partial charge on any atom is 0.425 e. The van der Waals surface area contributed by atoms with Crippen LogP contribution in [0.5, 0.6) is 5.75 Å². The number of benzene rings is 1. The van der Waals surface area contributed by atoms with Crippen molar-refractivity contribution in [3.63, 3.8) is 0 Å². The van der Waals surface area contributed by atoms with E-state index in [2.05, 4.69) is 5.32 Å². The predicted octanol–water partition coefficient (Wildman–Crippen LogP) is 1.56. The number of unbranched alkanes of at least 4 members (excludes halogenated alkanes) is 1. The Morgan fingerprint density at radius 3 is 2.47 bits per heavy atom. The van der Waals surface area contributed by atoms with E-state index in [1.54, 1.807) is 0 Å². The monoisotopic (exact) mass is 428 g/mol. The normalized spacial score (nSPS) is 20.3. The van der Waals surface area contributed by atoms with Gasteiger partial charge >= 0.3 is 6.18 Å². The average Bonchev–Trinajstić information content (AvgIpc) is 2.91. The van der Waals surface area contributed by atoms with Gasteiger partial charge in [-0.05, 0) is 43.9 Å². The Bertz CT molecular complexity index is 886. The number of fused-ring (bicyclic) bond motifs is 1. The van der Waals surface area contributed by atoms with Crippen molar-refractivity contribution in [1.82, 2.24) is 10.2 Å². The molecule has 4 amide bonds. The van der Waals surface area contributed by atoms with E-state index in [4.69, 9.17) is 9.84 Å². The van der Waals surface area contributed by atoms with E-state index >= 15 is 0 Å². The Labute approximate surface area is 169 Å². The van der Waals surface area contributed by atoms with Crippen molar-refractivity contribution in [3.05, 3.63) is 29.3 Å². The Kier molecular flexibility index (Phi) is 6.11. The lowest BCUT2D eigenvalue weighted by Crippen LogP contribution is -2.54. The summed E-state index contributed by atoms with van der Waals surface area (Å²) < 4.78 is 44.7.